The maximum Gasteiger partial charge on any atom is 0.344 e. The first-order valence-corrected chi connectivity index (χ1v) is 13.9. The van der Waals surface area contributed by atoms with Crippen LogP contribution in [0.5, 0.6) is 5.75 Å². The molecule has 0 unspecified atom stereocenters. The van der Waals surface area contributed by atoms with Gasteiger partial charge in [-0.05, 0) is 35.6 Å². The number of amides is 2. The molecule has 9 nitrogen and oxygen atoms in total. The fraction of sp³-hybridized carbons (Fsp3) is 0.462. The molecule has 0 aromatic heterocycles. The molecular formula is C26H37N2O7P. The van der Waals surface area contributed by atoms with Crippen LogP contribution in [0.1, 0.15) is 44.7 Å². The van der Waals surface area contributed by atoms with Crippen LogP contribution in [0, 0.1) is 5.92 Å². The number of hydrogen-bond donors (Lipinski definition) is 3. The van der Waals surface area contributed by atoms with Gasteiger partial charge in [0.2, 0.25) is 0 Å². The third kappa shape index (κ3) is 11.2. The summed E-state index contributed by atoms with van der Waals surface area (Å²) in [5.41, 5.74) is 1.57. The summed E-state index contributed by atoms with van der Waals surface area (Å²) in [5, 5.41) is 2.62. The first-order chi connectivity index (χ1) is 17.1. The molecule has 0 aliphatic rings. The quantitative estimate of drug-likeness (QED) is 0.192. The maximum atomic E-state index is 13.0. The predicted octanol–water partition coefficient (Wildman–Crippen LogP) is 4.32. The van der Waals surface area contributed by atoms with Crippen molar-refractivity contribution in [3.63, 3.8) is 0 Å². The van der Waals surface area contributed by atoms with Gasteiger partial charge in [-0.1, -0.05) is 69.7 Å². The molecule has 1 atom stereocenters. The van der Waals surface area contributed by atoms with E-state index in [9.17, 15) is 23.9 Å². The molecule has 0 fully saturated rings. The van der Waals surface area contributed by atoms with Gasteiger partial charge in [0.15, 0.2) is 0 Å². The number of unbranched alkanes of at least 4 members (excludes halogenated alkanes) is 1. The lowest BCUT2D eigenvalue weighted by atomic mass is 10.1. The van der Waals surface area contributed by atoms with Crippen molar-refractivity contribution >= 4 is 19.6 Å². The Morgan fingerprint density at radius 1 is 1.03 bits per heavy atom. The van der Waals surface area contributed by atoms with Crippen LogP contribution in [0.3, 0.4) is 0 Å². The van der Waals surface area contributed by atoms with Crippen LogP contribution in [0.25, 0.3) is 0 Å². The van der Waals surface area contributed by atoms with Crippen molar-refractivity contribution in [3.8, 4) is 5.75 Å². The Kier molecular flexibility index (Phi) is 11.9. The second-order valence-corrected chi connectivity index (χ2v) is 10.7. The van der Waals surface area contributed by atoms with Crippen molar-refractivity contribution in [3.05, 3.63) is 65.7 Å². The van der Waals surface area contributed by atoms with Crippen molar-refractivity contribution in [1.82, 2.24) is 10.2 Å². The highest BCUT2D eigenvalue weighted by atomic mass is 31.2. The van der Waals surface area contributed by atoms with Gasteiger partial charge in [0.1, 0.15) is 24.7 Å². The minimum atomic E-state index is -4.50. The molecule has 2 aromatic rings. The molecule has 0 saturated heterocycles. The van der Waals surface area contributed by atoms with Gasteiger partial charge in [-0.2, -0.15) is 0 Å². The molecule has 0 spiro atoms. The maximum absolute atomic E-state index is 13.0. The predicted molar refractivity (Wildman–Crippen MR) is 138 cm³/mol. The molecule has 36 heavy (non-hydrogen) atoms. The topological polar surface area (TPSA) is 125 Å². The molecule has 0 saturated carbocycles. The molecule has 10 heteroatoms. The van der Waals surface area contributed by atoms with E-state index in [-0.39, 0.29) is 25.5 Å². The van der Waals surface area contributed by atoms with Crippen molar-refractivity contribution in [1.29, 1.82) is 0 Å². The minimum Gasteiger partial charge on any atom is -0.494 e. The molecule has 2 amide bonds. The number of ether oxygens (including phenoxy) is 2. The summed E-state index contributed by atoms with van der Waals surface area (Å²) in [5.74, 6) is 0.0337. The monoisotopic (exact) mass is 520 g/mol. The number of urea groups is 1. The third-order valence-corrected chi connectivity index (χ3v) is 5.87. The highest BCUT2D eigenvalue weighted by Crippen LogP contribution is 2.35. The van der Waals surface area contributed by atoms with E-state index in [0.29, 0.717) is 12.4 Å². The van der Waals surface area contributed by atoms with Crippen molar-refractivity contribution in [2.75, 3.05) is 19.4 Å². The molecule has 0 aliphatic heterocycles. The normalized spacial score (nSPS) is 12.2. The Bertz CT molecular complexity index is 993. The number of carbonyl (C=O) groups is 2. The molecule has 0 heterocycles. The van der Waals surface area contributed by atoms with Crippen LogP contribution < -0.4 is 10.1 Å². The second-order valence-electron chi connectivity index (χ2n) is 9.07. The zero-order chi connectivity index (χ0) is 26.6. The van der Waals surface area contributed by atoms with E-state index >= 15 is 0 Å². The van der Waals surface area contributed by atoms with Gasteiger partial charge in [-0.15, -0.1) is 0 Å². The minimum absolute atomic E-state index is 0.0361. The Labute approximate surface area is 213 Å². The Morgan fingerprint density at radius 3 is 2.28 bits per heavy atom. The Balaban J connectivity index is 2.16. The van der Waals surface area contributed by atoms with Crippen LogP contribution in [0.4, 0.5) is 4.79 Å². The van der Waals surface area contributed by atoms with Crippen LogP contribution in [0.2, 0.25) is 0 Å². The van der Waals surface area contributed by atoms with E-state index < -0.39 is 31.9 Å². The van der Waals surface area contributed by atoms with E-state index in [4.69, 9.17) is 9.47 Å². The fourth-order valence-electron chi connectivity index (χ4n) is 3.42. The van der Waals surface area contributed by atoms with Crippen molar-refractivity contribution in [2.45, 2.75) is 52.7 Å². The number of benzene rings is 2. The third-order valence-electron chi connectivity index (χ3n) is 5.16. The van der Waals surface area contributed by atoms with Gasteiger partial charge in [0.25, 0.3) is 0 Å². The number of carbonyl (C=O) groups excluding carboxylic acids is 2. The average Bonchev–Trinajstić information content (AvgIpc) is 2.82. The lowest BCUT2D eigenvalue weighted by Gasteiger charge is -2.27. The van der Waals surface area contributed by atoms with Gasteiger partial charge in [0, 0.05) is 13.0 Å². The summed E-state index contributed by atoms with van der Waals surface area (Å²) in [6.07, 6.45) is 1.37. The second kappa shape index (κ2) is 14.6. The van der Waals surface area contributed by atoms with Gasteiger partial charge < -0.3 is 29.5 Å². The van der Waals surface area contributed by atoms with Gasteiger partial charge >= 0.3 is 19.6 Å². The van der Waals surface area contributed by atoms with Crippen LogP contribution in [-0.4, -0.2) is 52.2 Å². The molecule has 0 aliphatic carbocycles. The van der Waals surface area contributed by atoms with Crippen molar-refractivity contribution in [2.24, 2.45) is 5.92 Å². The molecule has 2 rings (SSSR count). The van der Waals surface area contributed by atoms with E-state index in [1.807, 2.05) is 56.3 Å². The SMILES string of the molecule is CCCCOc1ccc(C[C@H](NC(=O)N(CC(C)C)CP(=O)(O)O)C(=O)OCc2ccccc2)cc1. The first-order valence-electron chi connectivity index (χ1n) is 12.1. The largest absolute Gasteiger partial charge is 0.494 e. The van der Waals surface area contributed by atoms with E-state index in [1.54, 1.807) is 12.1 Å². The molecule has 3 N–H and O–H groups in total. The Morgan fingerprint density at radius 2 is 1.69 bits per heavy atom. The van der Waals surface area contributed by atoms with E-state index in [1.165, 1.54) is 0 Å². The Hall–Kier alpha value is -2.87. The number of nitrogens with zero attached hydrogens (tertiary/aromatic N) is 1. The van der Waals surface area contributed by atoms with Gasteiger partial charge in [-0.25, -0.2) is 9.59 Å². The summed E-state index contributed by atoms with van der Waals surface area (Å²) in [6, 6.07) is 14.6. The number of hydrogen-bond acceptors (Lipinski definition) is 5. The lowest BCUT2D eigenvalue weighted by Crippen LogP contribution is -2.50. The average molecular weight is 521 g/mol. The fourth-order valence-corrected chi connectivity index (χ4v) is 4.11. The molecule has 0 bridgehead atoms. The number of rotatable bonds is 14. The number of esters is 1. The van der Waals surface area contributed by atoms with Crippen LogP contribution in [0.15, 0.2) is 54.6 Å². The first kappa shape index (κ1) is 29.4. The van der Waals surface area contributed by atoms with Crippen LogP contribution in [-0.2, 0) is 27.1 Å². The molecule has 198 valence electrons. The highest BCUT2D eigenvalue weighted by molar-refractivity contribution is 7.51. The van der Waals surface area contributed by atoms with E-state index in [0.717, 1.165) is 28.9 Å². The van der Waals surface area contributed by atoms with Crippen LogP contribution >= 0.6 is 7.60 Å². The van der Waals surface area contributed by atoms with Crippen molar-refractivity contribution < 1.29 is 33.4 Å². The number of nitrogens with one attached hydrogen (secondary N) is 1. The smallest absolute Gasteiger partial charge is 0.344 e. The lowest BCUT2D eigenvalue weighted by molar-refractivity contribution is -0.147. The molecule has 0 radical (unpaired) electrons. The zero-order valence-electron chi connectivity index (χ0n) is 21.1. The molecule has 2 aromatic carbocycles. The standard InChI is InChI=1S/C26H37N2O7P/c1-4-5-15-34-23-13-11-21(12-14-23)16-24(25(29)35-18-22-9-7-6-8-10-22)27-26(30)28(17-20(2)3)19-36(31,32)33/h6-14,20,24H,4-5,15-19H2,1-3H3,(H,27,30)(H2,31,32,33)/t24-/m0/s1. The van der Waals surface area contributed by atoms with Gasteiger partial charge in [0.05, 0.1) is 6.61 Å². The summed E-state index contributed by atoms with van der Waals surface area (Å²) < 4.78 is 22.7. The zero-order valence-corrected chi connectivity index (χ0v) is 22.0. The highest BCUT2D eigenvalue weighted by Gasteiger charge is 2.29. The summed E-state index contributed by atoms with van der Waals surface area (Å²) in [7, 11) is -4.50. The van der Waals surface area contributed by atoms with E-state index in [2.05, 4.69) is 12.2 Å². The van der Waals surface area contributed by atoms with Gasteiger partial charge in [-0.3, -0.25) is 4.57 Å². The molecular weight excluding hydrogens is 483 g/mol. The summed E-state index contributed by atoms with van der Waals surface area (Å²) in [4.78, 5) is 45.9. The summed E-state index contributed by atoms with van der Waals surface area (Å²) in [6.45, 7) is 6.51. The summed E-state index contributed by atoms with van der Waals surface area (Å²) >= 11 is 0.